The summed E-state index contributed by atoms with van der Waals surface area (Å²) in [4.78, 5) is 17.1. The van der Waals surface area contributed by atoms with Gasteiger partial charge in [-0.15, -0.1) is 0 Å². The van der Waals surface area contributed by atoms with Crippen LogP contribution in [0.2, 0.25) is 5.02 Å². The molecule has 7 heteroatoms. The van der Waals surface area contributed by atoms with Gasteiger partial charge in [-0.05, 0) is 43.2 Å². The van der Waals surface area contributed by atoms with Gasteiger partial charge >= 0.3 is 0 Å². The number of halogens is 1. The summed E-state index contributed by atoms with van der Waals surface area (Å²) in [6.07, 6.45) is 2.06. The summed E-state index contributed by atoms with van der Waals surface area (Å²) < 4.78 is 11.0. The van der Waals surface area contributed by atoms with Crippen LogP contribution in [-0.2, 0) is 4.74 Å². The number of carbonyl (C=O) groups is 1. The molecule has 0 unspecified atom stereocenters. The molecule has 0 radical (unpaired) electrons. The standard InChI is InChI=1S/C20H22ClN3O3/c1-26-18-10-9-15(21)12-17(18)23-20(22-13-16-8-5-11-27-16)24-19(25)14-6-3-2-4-7-14/h2-4,6-7,9-10,12,16H,5,8,11,13H2,1H3,(H2,22,23,24,25)/t16-/m0/s1. The first-order valence-electron chi connectivity index (χ1n) is 8.78. The number of aliphatic imine (C=N–C) groups is 1. The van der Waals surface area contributed by atoms with Crippen molar-refractivity contribution in [1.29, 1.82) is 0 Å². The van der Waals surface area contributed by atoms with Crippen molar-refractivity contribution in [3.63, 3.8) is 0 Å². The van der Waals surface area contributed by atoms with Gasteiger partial charge in [-0.3, -0.25) is 10.1 Å². The Kier molecular flexibility index (Phi) is 6.68. The third-order valence-corrected chi connectivity index (χ3v) is 4.39. The van der Waals surface area contributed by atoms with Gasteiger partial charge in [0, 0.05) is 17.2 Å². The fourth-order valence-corrected chi connectivity index (χ4v) is 2.94. The van der Waals surface area contributed by atoms with E-state index in [1.807, 2.05) is 18.2 Å². The van der Waals surface area contributed by atoms with Crippen LogP contribution in [0.4, 0.5) is 5.69 Å². The lowest BCUT2D eigenvalue weighted by Gasteiger charge is -2.15. The van der Waals surface area contributed by atoms with E-state index in [2.05, 4.69) is 15.6 Å². The molecule has 27 heavy (non-hydrogen) atoms. The van der Waals surface area contributed by atoms with Crippen LogP contribution >= 0.6 is 11.6 Å². The molecule has 2 aromatic rings. The predicted octanol–water partition coefficient (Wildman–Crippen LogP) is 3.73. The van der Waals surface area contributed by atoms with Crippen molar-refractivity contribution in [2.24, 2.45) is 4.99 Å². The number of ether oxygens (including phenoxy) is 2. The summed E-state index contributed by atoms with van der Waals surface area (Å²) in [6.45, 7) is 1.21. The highest BCUT2D eigenvalue weighted by molar-refractivity contribution is 6.31. The molecule has 6 nitrogen and oxygen atoms in total. The molecule has 0 spiro atoms. The van der Waals surface area contributed by atoms with Gasteiger partial charge in [-0.1, -0.05) is 29.8 Å². The van der Waals surface area contributed by atoms with Gasteiger partial charge in [0.05, 0.1) is 25.4 Å². The van der Waals surface area contributed by atoms with Crippen molar-refractivity contribution in [3.8, 4) is 5.75 Å². The number of amides is 1. The number of nitrogens with one attached hydrogen (secondary N) is 2. The monoisotopic (exact) mass is 387 g/mol. The highest BCUT2D eigenvalue weighted by Gasteiger charge is 2.17. The molecule has 0 bridgehead atoms. The van der Waals surface area contributed by atoms with Crippen LogP contribution in [0.5, 0.6) is 5.75 Å². The molecule has 1 heterocycles. The first-order chi connectivity index (χ1) is 13.2. The van der Waals surface area contributed by atoms with Crippen molar-refractivity contribution in [1.82, 2.24) is 5.32 Å². The normalized spacial score (nSPS) is 16.8. The molecule has 0 aliphatic carbocycles. The van der Waals surface area contributed by atoms with Crippen LogP contribution in [0.1, 0.15) is 23.2 Å². The zero-order valence-electron chi connectivity index (χ0n) is 15.1. The summed E-state index contributed by atoms with van der Waals surface area (Å²) in [5, 5.41) is 6.49. The number of rotatable bonds is 5. The maximum absolute atomic E-state index is 12.5. The molecule has 1 aliphatic heterocycles. The van der Waals surface area contributed by atoms with E-state index in [-0.39, 0.29) is 12.0 Å². The van der Waals surface area contributed by atoms with Gasteiger partial charge < -0.3 is 14.8 Å². The Morgan fingerprint density at radius 3 is 2.81 bits per heavy atom. The van der Waals surface area contributed by atoms with Gasteiger partial charge in [-0.2, -0.15) is 0 Å². The Morgan fingerprint density at radius 1 is 1.30 bits per heavy atom. The van der Waals surface area contributed by atoms with E-state index in [1.165, 1.54) is 0 Å². The fraction of sp³-hybridized carbons (Fsp3) is 0.300. The molecule has 2 aromatic carbocycles. The number of hydrogen-bond acceptors (Lipinski definition) is 4. The molecule has 1 fully saturated rings. The largest absolute Gasteiger partial charge is 0.495 e. The van der Waals surface area contributed by atoms with Crippen LogP contribution < -0.4 is 15.4 Å². The van der Waals surface area contributed by atoms with Crippen LogP contribution in [0.25, 0.3) is 0 Å². The summed E-state index contributed by atoms with van der Waals surface area (Å²) in [7, 11) is 1.57. The molecular formula is C20H22ClN3O3. The molecule has 2 N–H and O–H groups in total. The molecule has 1 amide bonds. The summed E-state index contributed by atoms with van der Waals surface area (Å²) in [5.74, 6) is 0.660. The second-order valence-electron chi connectivity index (χ2n) is 6.11. The van der Waals surface area contributed by atoms with Crippen molar-refractivity contribution >= 4 is 29.2 Å². The quantitative estimate of drug-likeness (QED) is 0.605. The fourth-order valence-electron chi connectivity index (χ4n) is 2.77. The maximum Gasteiger partial charge on any atom is 0.257 e. The summed E-state index contributed by atoms with van der Waals surface area (Å²) in [5.41, 5.74) is 1.16. The topological polar surface area (TPSA) is 71.9 Å². The first-order valence-corrected chi connectivity index (χ1v) is 9.16. The average Bonchev–Trinajstić information content (AvgIpc) is 3.20. The number of methoxy groups -OCH3 is 1. The number of anilines is 1. The zero-order valence-corrected chi connectivity index (χ0v) is 15.8. The van der Waals surface area contributed by atoms with E-state index < -0.39 is 0 Å². The highest BCUT2D eigenvalue weighted by atomic mass is 35.5. The van der Waals surface area contributed by atoms with Crippen molar-refractivity contribution in [3.05, 3.63) is 59.1 Å². The van der Waals surface area contributed by atoms with E-state index >= 15 is 0 Å². The molecule has 0 saturated carbocycles. The average molecular weight is 388 g/mol. The molecule has 3 rings (SSSR count). The van der Waals surface area contributed by atoms with Crippen LogP contribution in [0, 0.1) is 0 Å². The minimum atomic E-state index is -0.254. The minimum Gasteiger partial charge on any atom is -0.495 e. The van der Waals surface area contributed by atoms with E-state index in [4.69, 9.17) is 21.1 Å². The Bertz CT molecular complexity index is 805. The van der Waals surface area contributed by atoms with E-state index in [0.29, 0.717) is 34.5 Å². The smallest absolute Gasteiger partial charge is 0.257 e. The predicted molar refractivity (Wildman–Crippen MR) is 107 cm³/mol. The molecule has 142 valence electrons. The molecule has 1 aliphatic rings. The number of guanidine groups is 1. The van der Waals surface area contributed by atoms with Gasteiger partial charge in [0.2, 0.25) is 5.96 Å². The molecule has 1 saturated heterocycles. The van der Waals surface area contributed by atoms with Gasteiger partial charge in [0.25, 0.3) is 5.91 Å². The third-order valence-electron chi connectivity index (χ3n) is 4.16. The van der Waals surface area contributed by atoms with Gasteiger partial charge in [0.1, 0.15) is 5.75 Å². The number of carbonyl (C=O) groups excluding carboxylic acids is 1. The molecular weight excluding hydrogens is 366 g/mol. The van der Waals surface area contributed by atoms with Crippen LogP contribution in [0.3, 0.4) is 0 Å². The van der Waals surface area contributed by atoms with Crippen molar-refractivity contribution < 1.29 is 14.3 Å². The number of hydrogen-bond donors (Lipinski definition) is 2. The van der Waals surface area contributed by atoms with Crippen molar-refractivity contribution in [2.45, 2.75) is 18.9 Å². The van der Waals surface area contributed by atoms with E-state index in [1.54, 1.807) is 37.4 Å². The lowest BCUT2D eigenvalue weighted by Crippen LogP contribution is -2.36. The second-order valence-corrected chi connectivity index (χ2v) is 6.55. The molecule has 0 aromatic heterocycles. The van der Waals surface area contributed by atoms with Gasteiger partial charge in [0.15, 0.2) is 0 Å². The third kappa shape index (κ3) is 5.45. The minimum absolute atomic E-state index is 0.0664. The lowest BCUT2D eigenvalue weighted by atomic mass is 10.2. The lowest BCUT2D eigenvalue weighted by molar-refractivity contribution is 0.0975. The Hall–Kier alpha value is -2.57. The summed E-state index contributed by atoms with van der Waals surface area (Å²) in [6, 6.07) is 14.2. The first kappa shape index (κ1) is 19.2. The maximum atomic E-state index is 12.5. The Morgan fingerprint density at radius 2 is 2.11 bits per heavy atom. The Balaban J connectivity index is 1.79. The number of nitrogens with zero attached hydrogens (tertiary/aromatic N) is 1. The summed E-state index contributed by atoms with van der Waals surface area (Å²) >= 11 is 6.10. The number of benzene rings is 2. The van der Waals surface area contributed by atoms with Gasteiger partial charge in [-0.25, -0.2) is 4.99 Å². The van der Waals surface area contributed by atoms with Crippen molar-refractivity contribution in [2.75, 3.05) is 25.6 Å². The van der Waals surface area contributed by atoms with Crippen LogP contribution in [-0.4, -0.2) is 38.2 Å². The van der Waals surface area contributed by atoms with Crippen LogP contribution in [0.15, 0.2) is 53.5 Å². The van der Waals surface area contributed by atoms with E-state index in [9.17, 15) is 4.79 Å². The molecule has 1 atom stereocenters. The zero-order chi connectivity index (χ0) is 19.1. The Labute approximate surface area is 163 Å². The second kappa shape index (κ2) is 9.39. The SMILES string of the molecule is COc1ccc(Cl)cc1NC(=NC[C@@H]1CCCO1)NC(=O)c1ccccc1. The highest BCUT2D eigenvalue weighted by Crippen LogP contribution is 2.27. The van der Waals surface area contributed by atoms with E-state index in [0.717, 1.165) is 19.4 Å².